The van der Waals surface area contributed by atoms with E-state index in [2.05, 4.69) is 25.9 Å². The van der Waals surface area contributed by atoms with Crippen molar-refractivity contribution in [2.24, 2.45) is 0 Å². The lowest BCUT2D eigenvalue weighted by Gasteiger charge is -2.08. The van der Waals surface area contributed by atoms with E-state index in [1.807, 2.05) is 6.07 Å². The van der Waals surface area contributed by atoms with Crippen LogP contribution in [0.15, 0.2) is 30.3 Å². The van der Waals surface area contributed by atoms with Crippen LogP contribution in [0, 0.1) is 17.0 Å². The molecule has 3 rings (SSSR count). The average Bonchev–Trinajstić information content (AvgIpc) is 2.93. The molecule has 0 saturated heterocycles. The van der Waals surface area contributed by atoms with Crippen molar-refractivity contribution >= 4 is 17.2 Å². The Labute approximate surface area is 118 Å². The molecule has 2 heterocycles. The van der Waals surface area contributed by atoms with E-state index in [9.17, 15) is 10.1 Å². The van der Waals surface area contributed by atoms with Crippen LogP contribution in [0.25, 0.3) is 5.65 Å². The third-order valence-corrected chi connectivity index (χ3v) is 3.14. The van der Waals surface area contributed by atoms with E-state index in [4.69, 9.17) is 0 Å². The standard InChI is InChI=1S/C12H11N7O2/c1-8-9(3-2-4-10(8)19(20)21)7-13-11-5-6-12-14-16-17-18(12)15-11/h2-6H,7H2,1H3,(H,13,15). The molecule has 0 fully saturated rings. The Morgan fingerprint density at radius 1 is 1.33 bits per heavy atom. The number of rotatable bonds is 4. The molecule has 0 aliphatic carbocycles. The van der Waals surface area contributed by atoms with Crippen molar-refractivity contribution < 1.29 is 4.92 Å². The fourth-order valence-corrected chi connectivity index (χ4v) is 1.99. The van der Waals surface area contributed by atoms with Crippen molar-refractivity contribution in [1.29, 1.82) is 0 Å². The fourth-order valence-electron chi connectivity index (χ4n) is 1.99. The molecule has 1 N–H and O–H groups in total. The van der Waals surface area contributed by atoms with Crippen molar-refractivity contribution in [2.75, 3.05) is 5.32 Å². The molecule has 0 radical (unpaired) electrons. The van der Waals surface area contributed by atoms with Gasteiger partial charge in [0.15, 0.2) is 5.65 Å². The molecule has 0 saturated carbocycles. The lowest BCUT2D eigenvalue weighted by molar-refractivity contribution is -0.385. The molecule has 9 heteroatoms. The summed E-state index contributed by atoms with van der Waals surface area (Å²) in [5.41, 5.74) is 2.13. The Morgan fingerprint density at radius 2 is 2.19 bits per heavy atom. The number of tetrazole rings is 1. The summed E-state index contributed by atoms with van der Waals surface area (Å²) >= 11 is 0. The van der Waals surface area contributed by atoms with E-state index in [0.717, 1.165) is 5.56 Å². The molecule has 106 valence electrons. The zero-order valence-corrected chi connectivity index (χ0v) is 11.1. The first-order valence-electron chi connectivity index (χ1n) is 6.17. The number of nitrogens with one attached hydrogen (secondary N) is 1. The van der Waals surface area contributed by atoms with Gasteiger partial charge in [0.2, 0.25) is 0 Å². The predicted molar refractivity (Wildman–Crippen MR) is 73.7 cm³/mol. The van der Waals surface area contributed by atoms with Crippen molar-refractivity contribution in [3.63, 3.8) is 0 Å². The van der Waals surface area contributed by atoms with Crippen LogP contribution in [0.5, 0.6) is 0 Å². The number of nitro groups is 1. The maximum Gasteiger partial charge on any atom is 0.272 e. The molecule has 3 aromatic rings. The van der Waals surface area contributed by atoms with Gasteiger partial charge >= 0.3 is 0 Å². The molecule has 0 aliphatic heterocycles. The molecule has 1 aromatic carbocycles. The second-order valence-electron chi connectivity index (χ2n) is 4.42. The van der Waals surface area contributed by atoms with Gasteiger partial charge in [0, 0.05) is 18.2 Å². The second-order valence-corrected chi connectivity index (χ2v) is 4.42. The highest BCUT2D eigenvalue weighted by Crippen LogP contribution is 2.21. The SMILES string of the molecule is Cc1c(CNc2ccc3nnnn3n2)cccc1[N+](=O)[O-]. The first-order valence-corrected chi connectivity index (χ1v) is 6.17. The number of nitro benzene ring substituents is 1. The Kier molecular flexibility index (Phi) is 3.14. The van der Waals surface area contributed by atoms with Crippen molar-refractivity contribution in [3.8, 4) is 0 Å². The fraction of sp³-hybridized carbons (Fsp3) is 0.167. The minimum absolute atomic E-state index is 0.109. The summed E-state index contributed by atoms with van der Waals surface area (Å²) in [7, 11) is 0. The minimum Gasteiger partial charge on any atom is -0.364 e. The average molecular weight is 285 g/mol. The highest BCUT2D eigenvalue weighted by molar-refractivity contribution is 5.47. The Hall–Kier alpha value is -3.10. The van der Waals surface area contributed by atoms with Gasteiger partial charge in [-0.2, -0.15) is 0 Å². The number of hydrogen-bond donors (Lipinski definition) is 1. The molecule has 0 spiro atoms. The molecule has 0 aliphatic rings. The van der Waals surface area contributed by atoms with Crippen LogP contribution in [-0.4, -0.2) is 30.2 Å². The predicted octanol–water partition coefficient (Wildman–Crippen LogP) is 1.35. The molecule has 2 aromatic heterocycles. The first-order chi connectivity index (χ1) is 10.1. The monoisotopic (exact) mass is 285 g/mol. The lowest BCUT2D eigenvalue weighted by atomic mass is 10.1. The number of aromatic nitrogens is 5. The number of fused-ring (bicyclic) bond motifs is 1. The van der Waals surface area contributed by atoms with Gasteiger partial charge in [-0.1, -0.05) is 12.1 Å². The Balaban J connectivity index is 1.81. The third-order valence-electron chi connectivity index (χ3n) is 3.14. The first kappa shape index (κ1) is 12.9. The van der Waals surface area contributed by atoms with Gasteiger partial charge in [-0.25, -0.2) is 0 Å². The van der Waals surface area contributed by atoms with Crippen molar-refractivity contribution in [2.45, 2.75) is 13.5 Å². The number of nitrogens with zero attached hydrogens (tertiary/aromatic N) is 6. The van der Waals surface area contributed by atoms with Crippen LogP contribution in [0.1, 0.15) is 11.1 Å². The van der Waals surface area contributed by atoms with E-state index >= 15 is 0 Å². The molecule has 0 amide bonds. The lowest BCUT2D eigenvalue weighted by Crippen LogP contribution is -2.06. The third kappa shape index (κ3) is 2.48. The van der Waals surface area contributed by atoms with Gasteiger partial charge in [-0.15, -0.1) is 14.8 Å². The van der Waals surface area contributed by atoms with Crippen LogP contribution < -0.4 is 5.32 Å². The van der Waals surface area contributed by atoms with Gasteiger partial charge in [0.25, 0.3) is 5.69 Å². The Bertz CT molecular complexity index is 814. The summed E-state index contributed by atoms with van der Waals surface area (Å²) in [6.07, 6.45) is 0. The van der Waals surface area contributed by atoms with Gasteiger partial charge in [0.05, 0.1) is 4.92 Å². The maximum absolute atomic E-state index is 10.9. The van der Waals surface area contributed by atoms with Gasteiger partial charge < -0.3 is 5.32 Å². The van der Waals surface area contributed by atoms with E-state index in [1.165, 1.54) is 10.7 Å². The smallest absolute Gasteiger partial charge is 0.272 e. The van der Waals surface area contributed by atoms with Crippen LogP contribution in [0.3, 0.4) is 0 Å². The molecular weight excluding hydrogens is 274 g/mol. The quantitative estimate of drug-likeness (QED) is 0.568. The molecule has 21 heavy (non-hydrogen) atoms. The molecule has 0 atom stereocenters. The van der Waals surface area contributed by atoms with E-state index in [1.54, 1.807) is 25.1 Å². The van der Waals surface area contributed by atoms with E-state index < -0.39 is 0 Å². The topological polar surface area (TPSA) is 111 Å². The summed E-state index contributed by atoms with van der Waals surface area (Å²) in [5, 5.41) is 29.2. The maximum atomic E-state index is 10.9. The highest BCUT2D eigenvalue weighted by Gasteiger charge is 2.13. The summed E-state index contributed by atoms with van der Waals surface area (Å²) in [6, 6.07) is 8.48. The van der Waals surface area contributed by atoms with E-state index in [-0.39, 0.29) is 10.6 Å². The van der Waals surface area contributed by atoms with Crippen molar-refractivity contribution in [3.05, 3.63) is 51.6 Å². The molecule has 9 nitrogen and oxygen atoms in total. The van der Waals surface area contributed by atoms with Crippen molar-refractivity contribution in [1.82, 2.24) is 25.3 Å². The summed E-state index contributed by atoms with van der Waals surface area (Å²) in [5.74, 6) is 0.584. The zero-order chi connectivity index (χ0) is 14.8. The van der Waals surface area contributed by atoms with Gasteiger partial charge in [0.1, 0.15) is 5.82 Å². The van der Waals surface area contributed by atoms with Crippen LogP contribution in [0.2, 0.25) is 0 Å². The van der Waals surface area contributed by atoms with Crippen LogP contribution in [0.4, 0.5) is 11.5 Å². The normalized spacial score (nSPS) is 10.7. The van der Waals surface area contributed by atoms with Gasteiger partial charge in [-0.05, 0) is 35.0 Å². The number of anilines is 1. The zero-order valence-electron chi connectivity index (χ0n) is 11.1. The molecular formula is C12H11N7O2. The molecule has 0 bridgehead atoms. The second kappa shape index (κ2) is 5.12. The van der Waals surface area contributed by atoms with Crippen LogP contribution >= 0.6 is 0 Å². The summed E-state index contributed by atoms with van der Waals surface area (Å²) in [6.45, 7) is 2.15. The molecule has 0 unspecified atom stereocenters. The summed E-state index contributed by atoms with van der Waals surface area (Å²) in [4.78, 5) is 10.5. The Morgan fingerprint density at radius 3 is 3.00 bits per heavy atom. The van der Waals surface area contributed by atoms with Gasteiger partial charge in [-0.3, -0.25) is 10.1 Å². The van der Waals surface area contributed by atoms with Crippen LogP contribution in [-0.2, 0) is 6.54 Å². The number of hydrogen-bond acceptors (Lipinski definition) is 7. The highest BCUT2D eigenvalue weighted by atomic mass is 16.6. The minimum atomic E-state index is -0.385. The number of benzene rings is 1. The summed E-state index contributed by atoms with van der Waals surface area (Å²) < 4.78 is 1.31. The largest absolute Gasteiger partial charge is 0.364 e. The van der Waals surface area contributed by atoms with E-state index in [0.29, 0.717) is 23.6 Å².